The number of benzene rings is 1. The van der Waals surface area contributed by atoms with E-state index in [1.165, 1.54) is 6.20 Å². The smallest absolute Gasteiger partial charge is 0.251 e. The summed E-state index contributed by atoms with van der Waals surface area (Å²) in [4.78, 5) is 11.1. The molecule has 1 unspecified atom stereocenters. The zero-order chi connectivity index (χ0) is 14.7. The highest BCUT2D eigenvalue weighted by molar-refractivity contribution is 6.31. The van der Waals surface area contributed by atoms with Gasteiger partial charge in [-0.05, 0) is 31.5 Å². The Balaban J connectivity index is 2.27. The number of halogens is 1. The molecule has 6 heteroatoms. The first-order valence-corrected chi connectivity index (χ1v) is 6.67. The fourth-order valence-corrected chi connectivity index (χ4v) is 2.25. The Bertz CT molecular complexity index is 625. The number of aromatic nitrogens is 2. The van der Waals surface area contributed by atoms with Crippen molar-refractivity contribution in [2.75, 3.05) is 6.61 Å². The molecule has 1 aromatic heterocycles. The van der Waals surface area contributed by atoms with Gasteiger partial charge >= 0.3 is 0 Å². The molecule has 5 nitrogen and oxygen atoms in total. The maximum atomic E-state index is 11.1. The van der Waals surface area contributed by atoms with Gasteiger partial charge in [0.2, 0.25) is 0 Å². The fourth-order valence-electron chi connectivity index (χ4n) is 1.92. The molecule has 0 fully saturated rings. The van der Waals surface area contributed by atoms with Crippen LogP contribution in [0.5, 0.6) is 5.75 Å². The molecule has 106 valence electrons. The first kappa shape index (κ1) is 14.4. The number of carbonyl (C=O) groups is 1. The summed E-state index contributed by atoms with van der Waals surface area (Å²) in [5, 5.41) is 4.74. The van der Waals surface area contributed by atoms with Crippen LogP contribution in [0.25, 0.3) is 0 Å². The molecule has 0 spiro atoms. The Hall–Kier alpha value is -2.01. The van der Waals surface area contributed by atoms with Crippen molar-refractivity contribution in [3.05, 3.63) is 46.7 Å². The molecule has 1 aromatic carbocycles. The molecule has 0 saturated carbocycles. The highest BCUT2D eigenvalue weighted by atomic mass is 35.5. The van der Waals surface area contributed by atoms with Crippen molar-refractivity contribution in [1.82, 2.24) is 9.78 Å². The molecule has 2 rings (SSSR count). The summed E-state index contributed by atoms with van der Waals surface area (Å²) in [5.41, 5.74) is 6.49. The number of ether oxygens (including phenoxy) is 1. The summed E-state index contributed by atoms with van der Waals surface area (Å²) < 4.78 is 7.05. The summed E-state index contributed by atoms with van der Waals surface area (Å²) in [5.74, 6) is 0.230. The van der Waals surface area contributed by atoms with E-state index in [4.69, 9.17) is 22.1 Å². The van der Waals surface area contributed by atoms with Crippen LogP contribution in [0.3, 0.4) is 0 Å². The van der Waals surface area contributed by atoms with Crippen molar-refractivity contribution in [1.29, 1.82) is 0 Å². The number of hydrogen-bond donors (Lipinski definition) is 1. The lowest BCUT2D eigenvalue weighted by Crippen LogP contribution is -2.11. The minimum Gasteiger partial charge on any atom is -0.494 e. The summed E-state index contributed by atoms with van der Waals surface area (Å²) in [6.45, 7) is 4.45. The summed E-state index contributed by atoms with van der Waals surface area (Å²) in [7, 11) is 0. The van der Waals surface area contributed by atoms with Gasteiger partial charge in [0.15, 0.2) is 0 Å². The van der Waals surface area contributed by atoms with E-state index >= 15 is 0 Å². The van der Waals surface area contributed by atoms with E-state index in [1.54, 1.807) is 16.9 Å². The van der Waals surface area contributed by atoms with E-state index in [0.717, 1.165) is 11.3 Å². The quantitative estimate of drug-likeness (QED) is 0.921. The molecule has 0 saturated heterocycles. The Morgan fingerprint density at radius 2 is 2.30 bits per heavy atom. The standard InChI is InChI=1S/C14H16ClN3O2/c1-3-20-11-4-5-12(13(15)6-11)9(2)18-8-10(7-17-18)14(16)19/h4-9H,3H2,1-2H3,(H2,16,19). The Labute approximate surface area is 122 Å². The second-order valence-electron chi connectivity index (χ2n) is 4.37. The molecular weight excluding hydrogens is 278 g/mol. The van der Waals surface area contributed by atoms with Crippen LogP contribution < -0.4 is 10.5 Å². The second kappa shape index (κ2) is 5.96. The molecule has 0 radical (unpaired) electrons. The monoisotopic (exact) mass is 293 g/mol. The largest absolute Gasteiger partial charge is 0.494 e. The topological polar surface area (TPSA) is 70.1 Å². The third-order valence-corrected chi connectivity index (χ3v) is 3.34. The van der Waals surface area contributed by atoms with Gasteiger partial charge in [-0.1, -0.05) is 17.7 Å². The molecule has 20 heavy (non-hydrogen) atoms. The number of nitrogens with zero attached hydrogens (tertiary/aromatic N) is 2. The van der Waals surface area contributed by atoms with Crippen molar-refractivity contribution in [2.45, 2.75) is 19.9 Å². The number of rotatable bonds is 5. The number of carbonyl (C=O) groups excluding carboxylic acids is 1. The molecule has 0 aliphatic heterocycles. The SMILES string of the molecule is CCOc1ccc(C(C)n2cc(C(N)=O)cn2)c(Cl)c1. The average Bonchev–Trinajstić information content (AvgIpc) is 2.88. The zero-order valence-corrected chi connectivity index (χ0v) is 12.1. The third-order valence-electron chi connectivity index (χ3n) is 3.02. The van der Waals surface area contributed by atoms with Gasteiger partial charge < -0.3 is 10.5 Å². The maximum absolute atomic E-state index is 11.1. The van der Waals surface area contributed by atoms with Crippen LogP contribution in [-0.2, 0) is 0 Å². The Kier molecular flexibility index (Phi) is 4.29. The Morgan fingerprint density at radius 3 is 2.85 bits per heavy atom. The minimum absolute atomic E-state index is 0.105. The molecule has 1 heterocycles. The number of nitrogens with two attached hydrogens (primary N) is 1. The molecule has 1 amide bonds. The van der Waals surface area contributed by atoms with Crippen molar-refractivity contribution in [3.63, 3.8) is 0 Å². The van der Waals surface area contributed by atoms with E-state index in [0.29, 0.717) is 17.2 Å². The lowest BCUT2D eigenvalue weighted by molar-refractivity contribution is 0.1000. The first-order chi connectivity index (χ1) is 9.52. The van der Waals surface area contributed by atoms with Crippen LogP contribution in [0.15, 0.2) is 30.6 Å². The summed E-state index contributed by atoms with van der Waals surface area (Å²) in [6.07, 6.45) is 3.06. The predicted molar refractivity (Wildman–Crippen MR) is 77.2 cm³/mol. The molecule has 2 aromatic rings. The van der Waals surface area contributed by atoms with Crippen LogP contribution in [0.1, 0.15) is 35.8 Å². The Morgan fingerprint density at radius 1 is 1.55 bits per heavy atom. The average molecular weight is 294 g/mol. The number of primary amides is 1. The van der Waals surface area contributed by atoms with Gasteiger partial charge in [-0.2, -0.15) is 5.10 Å². The minimum atomic E-state index is -0.499. The van der Waals surface area contributed by atoms with Gasteiger partial charge in [0.1, 0.15) is 5.75 Å². The van der Waals surface area contributed by atoms with Crippen LogP contribution in [0.2, 0.25) is 5.02 Å². The lowest BCUT2D eigenvalue weighted by atomic mass is 10.1. The third kappa shape index (κ3) is 2.93. The first-order valence-electron chi connectivity index (χ1n) is 6.29. The normalized spacial score (nSPS) is 12.2. The summed E-state index contributed by atoms with van der Waals surface area (Å²) >= 11 is 6.27. The predicted octanol–water partition coefficient (Wildman–Crippen LogP) is 2.64. The van der Waals surface area contributed by atoms with Gasteiger partial charge in [-0.25, -0.2) is 0 Å². The van der Waals surface area contributed by atoms with E-state index in [2.05, 4.69) is 5.10 Å². The summed E-state index contributed by atoms with van der Waals surface area (Å²) in [6, 6.07) is 5.42. The molecule has 2 N–H and O–H groups in total. The van der Waals surface area contributed by atoms with Gasteiger partial charge in [0.05, 0.1) is 24.4 Å². The highest BCUT2D eigenvalue weighted by Crippen LogP contribution is 2.29. The van der Waals surface area contributed by atoms with Crippen molar-refractivity contribution >= 4 is 17.5 Å². The van der Waals surface area contributed by atoms with Gasteiger partial charge in [-0.15, -0.1) is 0 Å². The van der Waals surface area contributed by atoms with Crippen LogP contribution in [0.4, 0.5) is 0 Å². The van der Waals surface area contributed by atoms with Gasteiger partial charge in [0, 0.05) is 11.2 Å². The number of hydrogen-bond acceptors (Lipinski definition) is 3. The van der Waals surface area contributed by atoms with E-state index < -0.39 is 5.91 Å². The van der Waals surface area contributed by atoms with E-state index in [9.17, 15) is 4.79 Å². The fraction of sp³-hybridized carbons (Fsp3) is 0.286. The molecule has 0 bridgehead atoms. The van der Waals surface area contributed by atoms with Gasteiger partial charge in [0.25, 0.3) is 5.91 Å². The van der Waals surface area contributed by atoms with Crippen LogP contribution in [0, 0.1) is 0 Å². The molecule has 1 atom stereocenters. The maximum Gasteiger partial charge on any atom is 0.251 e. The van der Waals surface area contributed by atoms with Crippen molar-refractivity contribution in [3.8, 4) is 5.75 Å². The molecule has 0 aliphatic rings. The van der Waals surface area contributed by atoms with Crippen LogP contribution >= 0.6 is 11.6 Å². The molecule has 0 aliphatic carbocycles. The van der Waals surface area contributed by atoms with Crippen LogP contribution in [-0.4, -0.2) is 22.3 Å². The van der Waals surface area contributed by atoms with Gasteiger partial charge in [-0.3, -0.25) is 9.48 Å². The van der Waals surface area contributed by atoms with E-state index in [1.807, 2.05) is 26.0 Å². The lowest BCUT2D eigenvalue weighted by Gasteiger charge is -2.15. The van der Waals surface area contributed by atoms with E-state index in [-0.39, 0.29) is 6.04 Å². The zero-order valence-electron chi connectivity index (χ0n) is 11.3. The highest BCUT2D eigenvalue weighted by Gasteiger charge is 2.14. The van der Waals surface area contributed by atoms with Crippen molar-refractivity contribution in [2.24, 2.45) is 5.73 Å². The number of amides is 1. The second-order valence-corrected chi connectivity index (χ2v) is 4.77. The molecular formula is C14H16ClN3O2. The van der Waals surface area contributed by atoms with Crippen molar-refractivity contribution < 1.29 is 9.53 Å².